The van der Waals surface area contributed by atoms with Gasteiger partial charge < -0.3 is 15.4 Å². The summed E-state index contributed by atoms with van der Waals surface area (Å²) in [6, 6.07) is 6.29. The van der Waals surface area contributed by atoms with E-state index in [9.17, 15) is 0 Å². The molecule has 1 unspecified atom stereocenters. The fourth-order valence-corrected chi connectivity index (χ4v) is 3.86. The number of aliphatic imine (C=N–C) groups is 1. The Labute approximate surface area is 144 Å². The van der Waals surface area contributed by atoms with Gasteiger partial charge in [-0.2, -0.15) is 11.8 Å². The zero-order chi connectivity index (χ0) is 16.5. The van der Waals surface area contributed by atoms with E-state index in [1.165, 1.54) is 29.7 Å². The van der Waals surface area contributed by atoms with E-state index in [1.807, 2.05) is 13.0 Å². The Hall–Kier alpha value is -1.36. The molecule has 2 rings (SSSR count). The first-order chi connectivity index (χ1) is 11.2. The average molecular weight is 336 g/mol. The van der Waals surface area contributed by atoms with Crippen LogP contribution < -0.4 is 15.4 Å². The molecule has 0 radical (unpaired) electrons. The van der Waals surface area contributed by atoms with Gasteiger partial charge in [0, 0.05) is 18.3 Å². The highest BCUT2D eigenvalue weighted by atomic mass is 32.2. The second-order valence-corrected chi connectivity index (χ2v) is 7.15. The predicted molar refractivity (Wildman–Crippen MR) is 101 cm³/mol. The van der Waals surface area contributed by atoms with Crippen LogP contribution in [0.15, 0.2) is 23.2 Å². The minimum absolute atomic E-state index is 0.681. The molecular formula is C18H29N3OS. The average Bonchev–Trinajstić information content (AvgIpc) is 3.06. The highest BCUT2D eigenvalue weighted by molar-refractivity contribution is 8.00. The maximum atomic E-state index is 5.59. The number of thioether (sulfide) groups is 1. The molecule has 1 atom stereocenters. The summed E-state index contributed by atoms with van der Waals surface area (Å²) >= 11 is 2.07. The van der Waals surface area contributed by atoms with Gasteiger partial charge in [0.05, 0.1) is 13.2 Å². The van der Waals surface area contributed by atoms with Gasteiger partial charge in [-0.25, -0.2) is 4.99 Å². The van der Waals surface area contributed by atoms with Crippen LogP contribution in [0.1, 0.15) is 37.8 Å². The van der Waals surface area contributed by atoms with Gasteiger partial charge in [-0.3, -0.25) is 0 Å². The minimum Gasteiger partial charge on any atom is -0.494 e. The molecule has 1 aliphatic heterocycles. The summed E-state index contributed by atoms with van der Waals surface area (Å²) in [5, 5.41) is 7.53. The van der Waals surface area contributed by atoms with Gasteiger partial charge >= 0.3 is 0 Å². The molecule has 1 aromatic rings. The maximum Gasteiger partial charge on any atom is 0.191 e. The van der Waals surface area contributed by atoms with E-state index < -0.39 is 0 Å². The lowest BCUT2D eigenvalue weighted by Gasteiger charge is -2.14. The molecule has 1 saturated heterocycles. The molecule has 0 bridgehead atoms. The molecule has 2 N–H and O–H groups in total. The first-order valence-electron chi connectivity index (χ1n) is 8.59. The molecule has 0 saturated carbocycles. The second-order valence-electron chi connectivity index (χ2n) is 5.74. The molecule has 4 nitrogen and oxygen atoms in total. The predicted octanol–water partition coefficient (Wildman–Crippen LogP) is 3.34. The van der Waals surface area contributed by atoms with Crippen molar-refractivity contribution in [2.24, 2.45) is 4.99 Å². The van der Waals surface area contributed by atoms with Crippen molar-refractivity contribution in [1.29, 1.82) is 0 Å². The number of rotatable bonds is 7. The smallest absolute Gasteiger partial charge is 0.191 e. The molecule has 1 aromatic carbocycles. The summed E-state index contributed by atoms with van der Waals surface area (Å²) in [5.41, 5.74) is 2.37. The zero-order valence-electron chi connectivity index (χ0n) is 14.5. The van der Waals surface area contributed by atoms with Crippen LogP contribution >= 0.6 is 11.8 Å². The van der Waals surface area contributed by atoms with E-state index in [2.05, 4.69) is 48.4 Å². The van der Waals surface area contributed by atoms with E-state index >= 15 is 0 Å². The normalized spacial score (nSPS) is 18.0. The maximum absolute atomic E-state index is 5.59. The van der Waals surface area contributed by atoms with Gasteiger partial charge in [0.15, 0.2) is 5.96 Å². The summed E-state index contributed by atoms with van der Waals surface area (Å²) in [5.74, 6) is 3.17. The van der Waals surface area contributed by atoms with Crippen LogP contribution in [-0.4, -0.2) is 36.7 Å². The van der Waals surface area contributed by atoms with E-state index in [-0.39, 0.29) is 0 Å². The molecule has 0 aromatic heterocycles. The lowest BCUT2D eigenvalue weighted by molar-refractivity contribution is 0.338. The summed E-state index contributed by atoms with van der Waals surface area (Å²) in [4.78, 5) is 4.71. The van der Waals surface area contributed by atoms with Crippen molar-refractivity contribution in [3.63, 3.8) is 0 Å². The third-order valence-electron chi connectivity index (χ3n) is 3.82. The summed E-state index contributed by atoms with van der Waals surface area (Å²) in [6.45, 7) is 9.45. The minimum atomic E-state index is 0.681. The third kappa shape index (κ3) is 5.98. The summed E-state index contributed by atoms with van der Waals surface area (Å²) < 4.78 is 5.59. The fraction of sp³-hybridized carbons (Fsp3) is 0.611. The van der Waals surface area contributed by atoms with Crippen molar-refractivity contribution in [3.05, 3.63) is 29.3 Å². The molecule has 0 amide bonds. The number of guanidine groups is 1. The number of hydrogen-bond donors (Lipinski definition) is 2. The molecular weight excluding hydrogens is 306 g/mol. The molecule has 0 aliphatic carbocycles. The van der Waals surface area contributed by atoms with Crippen molar-refractivity contribution in [3.8, 4) is 5.75 Å². The van der Waals surface area contributed by atoms with E-state index in [0.717, 1.165) is 30.0 Å². The van der Waals surface area contributed by atoms with Crippen LogP contribution in [0.2, 0.25) is 0 Å². The number of aryl methyl sites for hydroxylation is 1. The fourth-order valence-electron chi connectivity index (χ4n) is 2.66. The van der Waals surface area contributed by atoms with Gasteiger partial charge in [-0.15, -0.1) is 0 Å². The van der Waals surface area contributed by atoms with Gasteiger partial charge in [0.25, 0.3) is 0 Å². The lowest BCUT2D eigenvalue weighted by Crippen LogP contribution is -2.40. The highest BCUT2D eigenvalue weighted by Crippen LogP contribution is 2.25. The summed E-state index contributed by atoms with van der Waals surface area (Å²) in [6.07, 6.45) is 2.66. The molecule has 1 fully saturated rings. The van der Waals surface area contributed by atoms with Crippen LogP contribution in [0, 0.1) is 6.92 Å². The van der Waals surface area contributed by atoms with E-state index in [4.69, 9.17) is 9.73 Å². The van der Waals surface area contributed by atoms with Crippen molar-refractivity contribution >= 4 is 17.7 Å². The Kier molecular flexibility index (Phi) is 7.59. The molecule has 0 spiro atoms. The molecule has 128 valence electrons. The zero-order valence-corrected chi connectivity index (χ0v) is 15.3. The molecule has 1 aliphatic rings. The Morgan fingerprint density at radius 3 is 2.87 bits per heavy atom. The van der Waals surface area contributed by atoms with E-state index in [0.29, 0.717) is 13.2 Å². The second kappa shape index (κ2) is 9.71. The van der Waals surface area contributed by atoms with Gasteiger partial charge in [-0.1, -0.05) is 12.1 Å². The van der Waals surface area contributed by atoms with Gasteiger partial charge in [-0.05, 0) is 56.6 Å². The van der Waals surface area contributed by atoms with Gasteiger partial charge in [0.1, 0.15) is 5.75 Å². The lowest BCUT2D eigenvalue weighted by atomic mass is 10.1. The van der Waals surface area contributed by atoms with Crippen LogP contribution in [0.4, 0.5) is 0 Å². The first-order valence-corrected chi connectivity index (χ1v) is 9.64. The van der Waals surface area contributed by atoms with Crippen molar-refractivity contribution in [2.45, 2.75) is 45.4 Å². The molecule has 5 heteroatoms. The quantitative estimate of drug-likeness (QED) is 0.592. The Morgan fingerprint density at radius 1 is 1.35 bits per heavy atom. The Bertz CT molecular complexity index is 513. The number of benzene rings is 1. The van der Waals surface area contributed by atoms with Crippen LogP contribution in [0.3, 0.4) is 0 Å². The largest absolute Gasteiger partial charge is 0.494 e. The van der Waals surface area contributed by atoms with Crippen molar-refractivity contribution in [1.82, 2.24) is 10.6 Å². The van der Waals surface area contributed by atoms with Crippen molar-refractivity contribution in [2.75, 3.05) is 25.4 Å². The number of hydrogen-bond acceptors (Lipinski definition) is 3. The Balaban J connectivity index is 1.91. The monoisotopic (exact) mass is 335 g/mol. The standard InChI is InChI=1S/C18H29N3OS/c1-4-19-18(21-13-16-7-6-10-23-16)20-12-15-8-9-17(22-5-2)14(3)11-15/h8-9,11,16H,4-7,10,12-13H2,1-3H3,(H2,19,20,21). The number of nitrogens with zero attached hydrogens (tertiary/aromatic N) is 1. The number of nitrogens with one attached hydrogen (secondary N) is 2. The first kappa shape index (κ1) is 18.0. The molecule has 1 heterocycles. The number of ether oxygens (including phenoxy) is 1. The van der Waals surface area contributed by atoms with Gasteiger partial charge in [0.2, 0.25) is 0 Å². The molecule has 23 heavy (non-hydrogen) atoms. The van der Waals surface area contributed by atoms with Crippen LogP contribution in [-0.2, 0) is 6.54 Å². The highest BCUT2D eigenvalue weighted by Gasteiger charge is 2.15. The summed E-state index contributed by atoms with van der Waals surface area (Å²) in [7, 11) is 0. The van der Waals surface area contributed by atoms with Crippen LogP contribution in [0.25, 0.3) is 0 Å². The van der Waals surface area contributed by atoms with Crippen LogP contribution in [0.5, 0.6) is 5.75 Å². The topological polar surface area (TPSA) is 45.7 Å². The Morgan fingerprint density at radius 2 is 2.22 bits per heavy atom. The SMILES string of the molecule is CCNC(=NCc1ccc(OCC)c(C)c1)NCC1CCCS1. The third-order valence-corrected chi connectivity index (χ3v) is 5.22. The van der Waals surface area contributed by atoms with Crippen molar-refractivity contribution < 1.29 is 4.74 Å². The van der Waals surface area contributed by atoms with E-state index in [1.54, 1.807) is 0 Å².